The molecule has 0 aliphatic carbocycles. The van der Waals surface area contributed by atoms with Crippen molar-refractivity contribution >= 4 is 27.3 Å². The molecule has 0 radical (unpaired) electrons. The van der Waals surface area contributed by atoms with Gasteiger partial charge < -0.3 is 5.32 Å². The number of sulfonamides is 1. The minimum Gasteiger partial charge on any atom is -0.322 e. The Kier molecular flexibility index (Phi) is 5.66. The molecule has 0 aliphatic rings. The van der Waals surface area contributed by atoms with Gasteiger partial charge in [0.15, 0.2) is 0 Å². The zero-order chi connectivity index (χ0) is 21.0. The molecule has 0 aromatic heterocycles. The first-order valence-electron chi connectivity index (χ1n) is 8.80. The maximum absolute atomic E-state index is 12.6. The summed E-state index contributed by atoms with van der Waals surface area (Å²) in [4.78, 5) is 12.5. The van der Waals surface area contributed by atoms with Gasteiger partial charge in [-0.05, 0) is 79.6 Å². The first-order chi connectivity index (χ1) is 13.8. The molecule has 1 amide bonds. The molecule has 146 valence electrons. The number of nitrogens with zero attached hydrogens (tertiary/aromatic N) is 1. The minimum atomic E-state index is -3.72. The molecule has 0 heterocycles. The maximum atomic E-state index is 12.6. The Balaban J connectivity index is 1.73. The second kappa shape index (κ2) is 8.17. The van der Waals surface area contributed by atoms with Gasteiger partial charge in [0.2, 0.25) is 0 Å². The lowest BCUT2D eigenvalue weighted by Gasteiger charge is -2.10. The summed E-state index contributed by atoms with van der Waals surface area (Å²) in [5.74, 6) is -0.358. The lowest BCUT2D eigenvalue weighted by atomic mass is 10.1. The van der Waals surface area contributed by atoms with Crippen molar-refractivity contribution in [3.05, 3.63) is 89.0 Å². The highest BCUT2D eigenvalue weighted by atomic mass is 32.2. The Bertz CT molecular complexity index is 1210. The fourth-order valence-electron chi connectivity index (χ4n) is 2.65. The van der Waals surface area contributed by atoms with Crippen LogP contribution in [0.3, 0.4) is 0 Å². The number of rotatable bonds is 5. The molecule has 6 nitrogen and oxygen atoms in total. The zero-order valence-corrected chi connectivity index (χ0v) is 16.7. The molecule has 3 rings (SSSR count). The highest BCUT2D eigenvalue weighted by Crippen LogP contribution is 2.20. The van der Waals surface area contributed by atoms with E-state index in [0.29, 0.717) is 22.5 Å². The fourth-order valence-corrected chi connectivity index (χ4v) is 3.80. The summed E-state index contributed by atoms with van der Waals surface area (Å²) in [5.41, 5.74) is 3.57. The third-order valence-electron chi connectivity index (χ3n) is 4.44. The second-order valence-electron chi connectivity index (χ2n) is 6.58. The normalized spacial score (nSPS) is 10.8. The molecule has 0 atom stereocenters. The van der Waals surface area contributed by atoms with E-state index in [1.807, 2.05) is 19.9 Å². The van der Waals surface area contributed by atoms with E-state index in [-0.39, 0.29) is 10.8 Å². The molecule has 0 saturated heterocycles. The second-order valence-corrected chi connectivity index (χ2v) is 8.26. The van der Waals surface area contributed by atoms with Crippen LogP contribution >= 0.6 is 0 Å². The monoisotopic (exact) mass is 405 g/mol. The SMILES string of the molecule is Cc1ccc(S(=O)(=O)Nc2ccc(C(=O)Nc3cccc(C#N)c3)cc2)cc1C. The van der Waals surface area contributed by atoms with E-state index >= 15 is 0 Å². The van der Waals surface area contributed by atoms with Gasteiger partial charge in [-0.1, -0.05) is 12.1 Å². The molecular weight excluding hydrogens is 386 g/mol. The standard InChI is InChI=1S/C22H19N3O3S/c1-15-6-11-21(12-16(15)2)29(27,28)25-19-9-7-18(8-10-19)22(26)24-20-5-3-4-17(13-20)14-23/h3-13,25H,1-2H3,(H,24,26). The summed E-state index contributed by atoms with van der Waals surface area (Å²) < 4.78 is 27.7. The molecule has 0 spiro atoms. The number of hydrogen-bond acceptors (Lipinski definition) is 4. The Morgan fingerprint density at radius 1 is 0.897 bits per heavy atom. The Morgan fingerprint density at radius 2 is 1.62 bits per heavy atom. The number of carbonyl (C=O) groups is 1. The van der Waals surface area contributed by atoms with Crippen LogP contribution in [-0.4, -0.2) is 14.3 Å². The molecule has 3 aromatic carbocycles. The van der Waals surface area contributed by atoms with E-state index < -0.39 is 10.0 Å². The summed E-state index contributed by atoms with van der Waals surface area (Å²) in [5, 5.41) is 11.6. The van der Waals surface area contributed by atoms with E-state index in [4.69, 9.17) is 5.26 Å². The van der Waals surface area contributed by atoms with E-state index in [1.54, 1.807) is 42.5 Å². The third kappa shape index (κ3) is 4.81. The van der Waals surface area contributed by atoms with Gasteiger partial charge in [0.25, 0.3) is 15.9 Å². The Morgan fingerprint density at radius 3 is 2.28 bits per heavy atom. The van der Waals surface area contributed by atoms with Gasteiger partial charge >= 0.3 is 0 Å². The van der Waals surface area contributed by atoms with Crippen molar-refractivity contribution in [1.82, 2.24) is 0 Å². The Labute approximate surface area is 169 Å². The molecule has 0 bridgehead atoms. The van der Waals surface area contributed by atoms with Gasteiger partial charge in [-0.25, -0.2) is 8.42 Å². The van der Waals surface area contributed by atoms with E-state index in [9.17, 15) is 13.2 Å². The van der Waals surface area contributed by atoms with Crippen molar-refractivity contribution in [3.8, 4) is 6.07 Å². The number of anilines is 2. The summed E-state index contributed by atoms with van der Waals surface area (Å²) in [6.45, 7) is 3.77. The van der Waals surface area contributed by atoms with E-state index in [2.05, 4.69) is 10.0 Å². The molecule has 29 heavy (non-hydrogen) atoms. The van der Waals surface area contributed by atoms with Crippen LogP contribution in [0.4, 0.5) is 11.4 Å². The summed E-state index contributed by atoms with van der Waals surface area (Å²) in [6, 6.07) is 19.6. The summed E-state index contributed by atoms with van der Waals surface area (Å²) >= 11 is 0. The molecule has 2 N–H and O–H groups in total. The number of nitrogens with one attached hydrogen (secondary N) is 2. The number of carbonyl (C=O) groups excluding carboxylic acids is 1. The van der Waals surface area contributed by atoms with E-state index in [0.717, 1.165) is 11.1 Å². The minimum absolute atomic E-state index is 0.180. The van der Waals surface area contributed by atoms with Gasteiger partial charge in [0.05, 0.1) is 16.5 Å². The smallest absolute Gasteiger partial charge is 0.261 e. The van der Waals surface area contributed by atoms with Crippen LogP contribution in [0.15, 0.2) is 71.6 Å². The van der Waals surface area contributed by atoms with Crippen molar-refractivity contribution in [2.75, 3.05) is 10.0 Å². The van der Waals surface area contributed by atoms with Gasteiger partial charge in [0, 0.05) is 16.9 Å². The van der Waals surface area contributed by atoms with Gasteiger partial charge in [0.1, 0.15) is 0 Å². The molecule has 0 saturated carbocycles. The molecule has 3 aromatic rings. The number of benzene rings is 3. The van der Waals surface area contributed by atoms with Crippen molar-refractivity contribution in [3.63, 3.8) is 0 Å². The van der Waals surface area contributed by atoms with E-state index in [1.165, 1.54) is 24.3 Å². The first kappa shape index (κ1) is 20.1. The lowest BCUT2D eigenvalue weighted by molar-refractivity contribution is 0.102. The van der Waals surface area contributed by atoms with Gasteiger partial charge in [-0.3, -0.25) is 9.52 Å². The van der Waals surface area contributed by atoms with Crippen LogP contribution in [-0.2, 0) is 10.0 Å². The van der Waals surface area contributed by atoms with Crippen LogP contribution in [0.25, 0.3) is 0 Å². The van der Waals surface area contributed by atoms with Crippen LogP contribution in [0.5, 0.6) is 0 Å². The van der Waals surface area contributed by atoms with Crippen molar-refractivity contribution in [1.29, 1.82) is 5.26 Å². The topological polar surface area (TPSA) is 99.1 Å². The highest BCUT2D eigenvalue weighted by molar-refractivity contribution is 7.92. The quantitative estimate of drug-likeness (QED) is 0.663. The van der Waals surface area contributed by atoms with Crippen molar-refractivity contribution < 1.29 is 13.2 Å². The molecule has 7 heteroatoms. The fraction of sp³-hybridized carbons (Fsp3) is 0.0909. The molecule has 0 unspecified atom stereocenters. The predicted octanol–water partition coefficient (Wildman–Crippen LogP) is 4.23. The zero-order valence-electron chi connectivity index (χ0n) is 15.9. The van der Waals surface area contributed by atoms with Crippen molar-refractivity contribution in [2.45, 2.75) is 18.7 Å². The first-order valence-corrected chi connectivity index (χ1v) is 10.3. The molecule has 0 aliphatic heterocycles. The highest BCUT2D eigenvalue weighted by Gasteiger charge is 2.15. The maximum Gasteiger partial charge on any atom is 0.261 e. The number of amides is 1. The van der Waals surface area contributed by atoms with Crippen LogP contribution < -0.4 is 10.0 Å². The van der Waals surface area contributed by atoms with Crippen LogP contribution in [0, 0.1) is 25.2 Å². The lowest BCUT2D eigenvalue weighted by Crippen LogP contribution is -2.14. The predicted molar refractivity (Wildman–Crippen MR) is 112 cm³/mol. The summed E-state index contributed by atoms with van der Waals surface area (Å²) in [7, 11) is -3.72. The molecule has 0 fully saturated rings. The summed E-state index contributed by atoms with van der Waals surface area (Å²) in [6.07, 6.45) is 0. The average molecular weight is 405 g/mol. The Hall–Kier alpha value is -3.63. The third-order valence-corrected chi connectivity index (χ3v) is 5.82. The van der Waals surface area contributed by atoms with Crippen molar-refractivity contribution in [2.24, 2.45) is 0 Å². The molecular formula is C22H19N3O3S. The number of nitriles is 1. The largest absolute Gasteiger partial charge is 0.322 e. The van der Waals surface area contributed by atoms with Crippen LogP contribution in [0.2, 0.25) is 0 Å². The van der Waals surface area contributed by atoms with Crippen LogP contribution in [0.1, 0.15) is 27.0 Å². The van der Waals surface area contributed by atoms with Gasteiger partial charge in [-0.2, -0.15) is 5.26 Å². The average Bonchev–Trinajstić information content (AvgIpc) is 2.70. The number of hydrogen-bond donors (Lipinski definition) is 2. The number of aryl methyl sites for hydroxylation is 2. The van der Waals surface area contributed by atoms with Gasteiger partial charge in [-0.15, -0.1) is 0 Å².